The molecule has 0 bridgehead atoms. The monoisotopic (exact) mass is 294 g/mol. The molecule has 3 nitrogen and oxygen atoms in total. The van der Waals surface area contributed by atoms with Gasteiger partial charge in [0.15, 0.2) is 0 Å². The van der Waals surface area contributed by atoms with Crippen LogP contribution >= 0.6 is 23.2 Å². The fourth-order valence-electron chi connectivity index (χ4n) is 1.62. The van der Waals surface area contributed by atoms with Crippen molar-refractivity contribution >= 4 is 40.5 Å². The van der Waals surface area contributed by atoms with E-state index < -0.39 is 0 Å². The Bertz CT molecular complexity index is 641. The van der Waals surface area contributed by atoms with Crippen molar-refractivity contribution in [2.24, 2.45) is 0 Å². The lowest BCUT2D eigenvalue weighted by molar-refractivity contribution is 0.102. The van der Waals surface area contributed by atoms with Crippen LogP contribution < -0.4 is 11.1 Å². The Kier molecular flexibility index (Phi) is 3.98. The van der Waals surface area contributed by atoms with Crippen LogP contribution in [0.25, 0.3) is 0 Å². The lowest BCUT2D eigenvalue weighted by Crippen LogP contribution is -2.12. The van der Waals surface area contributed by atoms with Crippen molar-refractivity contribution in [3.63, 3.8) is 0 Å². The van der Waals surface area contributed by atoms with Gasteiger partial charge >= 0.3 is 0 Å². The van der Waals surface area contributed by atoms with Crippen LogP contribution in [0, 0.1) is 6.92 Å². The molecule has 0 spiro atoms. The molecular weight excluding hydrogens is 283 g/mol. The van der Waals surface area contributed by atoms with Gasteiger partial charge in [-0.2, -0.15) is 0 Å². The van der Waals surface area contributed by atoms with Crippen molar-refractivity contribution in [2.45, 2.75) is 6.92 Å². The van der Waals surface area contributed by atoms with Gasteiger partial charge in [0.25, 0.3) is 5.91 Å². The van der Waals surface area contributed by atoms with Crippen LogP contribution in [0.4, 0.5) is 11.4 Å². The summed E-state index contributed by atoms with van der Waals surface area (Å²) in [5.41, 5.74) is 8.03. The summed E-state index contributed by atoms with van der Waals surface area (Å²) in [7, 11) is 0. The Morgan fingerprint density at radius 1 is 1.11 bits per heavy atom. The highest BCUT2D eigenvalue weighted by Crippen LogP contribution is 2.25. The molecule has 0 aliphatic carbocycles. The summed E-state index contributed by atoms with van der Waals surface area (Å²) < 4.78 is 0. The molecule has 98 valence electrons. The molecule has 0 radical (unpaired) electrons. The third-order valence-electron chi connectivity index (χ3n) is 2.66. The first kappa shape index (κ1) is 13.7. The number of amides is 1. The van der Waals surface area contributed by atoms with Crippen LogP contribution in [0.2, 0.25) is 10.0 Å². The number of carbonyl (C=O) groups is 1. The van der Waals surface area contributed by atoms with Gasteiger partial charge in [-0.15, -0.1) is 0 Å². The van der Waals surface area contributed by atoms with Crippen LogP contribution in [-0.2, 0) is 0 Å². The van der Waals surface area contributed by atoms with Crippen LogP contribution in [0.3, 0.4) is 0 Å². The van der Waals surface area contributed by atoms with E-state index in [1.807, 2.05) is 6.92 Å². The maximum absolute atomic E-state index is 12.1. The maximum atomic E-state index is 12.1. The first-order chi connectivity index (χ1) is 8.97. The zero-order valence-corrected chi connectivity index (χ0v) is 11.7. The van der Waals surface area contributed by atoms with E-state index in [-0.39, 0.29) is 5.91 Å². The second-order valence-electron chi connectivity index (χ2n) is 4.16. The van der Waals surface area contributed by atoms with Crippen molar-refractivity contribution < 1.29 is 4.79 Å². The predicted molar refractivity (Wildman–Crippen MR) is 80.0 cm³/mol. The van der Waals surface area contributed by atoms with Gasteiger partial charge in [0.1, 0.15) is 0 Å². The van der Waals surface area contributed by atoms with Crippen LogP contribution in [0.15, 0.2) is 36.4 Å². The van der Waals surface area contributed by atoms with E-state index in [1.54, 1.807) is 36.4 Å². The number of carbonyl (C=O) groups excluding carboxylic acids is 1. The SMILES string of the molecule is Cc1cc(C(=O)Nc2cc(N)ccc2Cl)ccc1Cl. The molecule has 2 aromatic rings. The summed E-state index contributed by atoms with van der Waals surface area (Å²) in [5, 5.41) is 3.78. The second-order valence-corrected chi connectivity index (χ2v) is 4.97. The molecule has 0 aliphatic rings. The molecule has 1 amide bonds. The fraction of sp³-hybridized carbons (Fsp3) is 0.0714. The summed E-state index contributed by atoms with van der Waals surface area (Å²) in [4.78, 5) is 12.1. The van der Waals surface area contributed by atoms with Gasteiger partial charge in [-0.05, 0) is 48.9 Å². The smallest absolute Gasteiger partial charge is 0.255 e. The number of aryl methyl sites for hydroxylation is 1. The molecule has 5 heteroatoms. The number of benzene rings is 2. The molecule has 2 aromatic carbocycles. The molecule has 0 fully saturated rings. The van der Waals surface area contributed by atoms with E-state index >= 15 is 0 Å². The highest BCUT2D eigenvalue weighted by atomic mass is 35.5. The lowest BCUT2D eigenvalue weighted by atomic mass is 10.1. The topological polar surface area (TPSA) is 55.1 Å². The molecule has 2 rings (SSSR count). The number of hydrogen-bond acceptors (Lipinski definition) is 2. The minimum atomic E-state index is -0.257. The maximum Gasteiger partial charge on any atom is 0.255 e. The number of hydrogen-bond donors (Lipinski definition) is 2. The minimum Gasteiger partial charge on any atom is -0.399 e. The molecule has 0 unspecified atom stereocenters. The number of halogens is 2. The largest absolute Gasteiger partial charge is 0.399 e. The fourth-order valence-corrected chi connectivity index (χ4v) is 1.90. The van der Waals surface area contributed by atoms with E-state index in [0.29, 0.717) is 27.0 Å². The van der Waals surface area contributed by atoms with Gasteiger partial charge < -0.3 is 11.1 Å². The molecule has 19 heavy (non-hydrogen) atoms. The Labute approximate surface area is 121 Å². The van der Waals surface area contributed by atoms with Crippen LogP contribution in [0.1, 0.15) is 15.9 Å². The molecule has 0 atom stereocenters. The highest BCUT2D eigenvalue weighted by Gasteiger charge is 2.10. The van der Waals surface area contributed by atoms with Crippen molar-refractivity contribution in [3.8, 4) is 0 Å². The second kappa shape index (κ2) is 5.51. The summed E-state index contributed by atoms with van der Waals surface area (Å²) in [6.45, 7) is 1.84. The average molecular weight is 295 g/mol. The normalized spacial score (nSPS) is 10.3. The van der Waals surface area contributed by atoms with Crippen LogP contribution in [0.5, 0.6) is 0 Å². The molecule has 0 aromatic heterocycles. The molecule has 0 heterocycles. The average Bonchev–Trinajstić information content (AvgIpc) is 2.37. The minimum absolute atomic E-state index is 0.257. The molecular formula is C14H12Cl2N2O. The summed E-state index contributed by atoms with van der Waals surface area (Å²) >= 11 is 11.9. The standard InChI is InChI=1S/C14H12Cl2N2O/c1-8-6-9(2-4-11(8)15)14(19)18-13-7-10(17)3-5-12(13)16/h2-7H,17H2,1H3,(H,18,19). The van der Waals surface area contributed by atoms with Gasteiger partial charge in [-0.1, -0.05) is 23.2 Å². The lowest BCUT2D eigenvalue weighted by Gasteiger charge is -2.09. The molecule has 3 N–H and O–H groups in total. The Hall–Kier alpha value is -1.71. The third kappa shape index (κ3) is 3.19. The number of nitrogens with one attached hydrogen (secondary N) is 1. The van der Waals surface area contributed by atoms with E-state index in [2.05, 4.69) is 5.32 Å². The zero-order chi connectivity index (χ0) is 14.0. The summed E-state index contributed by atoms with van der Waals surface area (Å²) in [6.07, 6.45) is 0. The Balaban J connectivity index is 2.25. The summed E-state index contributed by atoms with van der Waals surface area (Å²) in [6, 6.07) is 9.99. The van der Waals surface area contributed by atoms with Crippen molar-refractivity contribution in [2.75, 3.05) is 11.1 Å². The van der Waals surface area contributed by atoms with Gasteiger partial charge in [0, 0.05) is 16.3 Å². The zero-order valence-electron chi connectivity index (χ0n) is 10.2. The number of rotatable bonds is 2. The number of nitrogen functional groups attached to an aromatic ring is 1. The Morgan fingerprint density at radius 2 is 1.79 bits per heavy atom. The molecule has 0 aliphatic heterocycles. The van der Waals surface area contributed by atoms with Gasteiger partial charge in [-0.25, -0.2) is 0 Å². The summed E-state index contributed by atoms with van der Waals surface area (Å²) in [5.74, 6) is -0.257. The first-order valence-electron chi connectivity index (χ1n) is 5.60. The van der Waals surface area contributed by atoms with Gasteiger partial charge in [-0.3, -0.25) is 4.79 Å². The van der Waals surface area contributed by atoms with Crippen molar-refractivity contribution in [1.29, 1.82) is 0 Å². The predicted octanol–water partition coefficient (Wildman–Crippen LogP) is 4.14. The third-order valence-corrected chi connectivity index (χ3v) is 3.41. The Morgan fingerprint density at radius 3 is 2.47 bits per heavy atom. The number of anilines is 2. The highest BCUT2D eigenvalue weighted by molar-refractivity contribution is 6.34. The van der Waals surface area contributed by atoms with Gasteiger partial charge in [0.2, 0.25) is 0 Å². The van der Waals surface area contributed by atoms with Crippen molar-refractivity contribution in [3.05, 3.63) is 57.6 Å². The first-order valence-corrected chi connectivity index (χ1v) is 6.35. The molecule has 0 saturated carbocycles. The van der Waals surface area contributed by atoms with E-state index in [4.69, 9.17) is 28.9 Å². The molecule has 0 saturated heterocycles. The van der Waals surface area contributed by atoms with Crippen molar-refractivity contribution in [1.82, 2.24) is 0 Å². The quantitative estimate of drug-likeness (QED) is 0.818. The van der Waals surface area contributed by atoms with E-state index in [9.17, 15) is 4.79 Å². The van der Waals surface area contributed by atoms with E-state index in [0.717, 1.165) is 5.56 Å². The van der Waals surface area contributed by atoms with Crippen LogP contribution in [-0.4, -0.2) is 5.91 Å². The van der Waals surface area contributed by atoms with E-state index in [1.165, 1.54) is 0 Å². The number of nitrogens with two attached hydrogens (primary N) is 1. The van der Waals surface area contributed by atoms with Gasteiger partial charge in [0.05, 0.1) is 10.7 Å².